The summed E-state index contributed by atoms with van der Waals surface area (Å²) in [6, 6.07) is 14.9. The van der Waals surface area contributed by atoms with Gasteiger partial charge in [-0.2, -0.15) is 0 Å². The minimum atomic E-state index is -0.468. The Labute approximate surface area is 212 Å². The Morgan fingerprint density at radius 3 is 2.25 bits per heavy atom. The Morgan fingerprint density at radius 2 is 1.64 bits per heavy atom. The van der Waals surface area contributed by atoms with Crippen LogP contribution in [-0.4, -0.2) is 37.7 Å². The van der Waals surface area contributed by atoms with Crippen LogP contribution in [-0.2, 0) is 4.74 Å². The molecule has 184 valence electrons. The lowest BCUT2D eigenvalue weighted by molar-refractivity contribution is 0.0526. The highest BCUT2D eigenvalue weighted by molar-refractivity contribution is 7.21. The maximum atomic E-state index is 13.2. The quantitative estimate of drug-likeness (QED) is 0.344. The molecular weight excluding hydrogens is 478 g/mol. The van der Waals surface area contributed by atoms with Gasteiger partial charge in [-0.3, -0.25) is 4.79 Å². The molecular formula is C27H25N3O5S. The number of methoxy groups -OCH3 is 2. The van der Waals surface area contributed by atoms with Gasteiger partial charge in [0.15, 0.2) is 0 Å². The summed E-state index contributed by atoms with van der Waals surface area (Å²) in [7, 11) is 3.21. The summed E-state index contributed by atoms with van der Waals surface area (Å²) in [5.41, 5.74) is 3.89. The number of aromatic nitrogens is 1. The van der Waals surface area contributed by atoms with Crippen molar-refractivity contribution in [3.05, 3.63) is 70.2 Å². The average molecular weight is 504 g/mol. The van der Waals surface area contributed by atoms with E-state index in [1.165, 1.54) is 11.3 Å². The number of carbonyl (C=O) groups excluding carboxylic acids is 2. The zero-order chi connectivity index (χ0) is 25.4. The molecule has 0 spiro atoms. The molecule has 2 aromatic heterocycles. The summed E-state index contributed by atoms with van der Waals surface area (Å²) in [6.07, 6.45) is -0.468. The van der Waals surface area contributed by atoms with Gasteiger partial charge in [0.1, 0.15) is 27.4 Å². The van der Waals surface area contributed by atoms with E-state index in [-0.39, 0.29) is 12.5 Å². The van der Waals surface area contributed by atoms with E-state index in [9.17, 15) is 9.59 Å². The smallest absolute Gasteiger partial charge is 0.340 e. The second-order valence-corrected chi connectivity index (χ2v) is 9.21. The Bertz CT molecular complexity index is 1460. The van der Waals surface area contributed by atoms with Gasteiger partial charge in [0.05, 0.1) is 37.8 Å². The van der Waals surface area contributed by atoms with Gasteiger partial charge in [0.2, 0.25) is 0 Å². The second kappa shape index (κ2) is 9.50. The molecule has 8 nitrogen and oxygen atoms in total. The van der Waals surface area contributed by atoms with Crippen molar-refractivity contribution in [3.63, 3.8) is 0 Å². The number of hydrogen-bond donors (Lipinski definition) is 2. The van der Waals surface area contributed by atoms with Gasteiger partial charge in [-0.05, 0) is 49.2 Å². The van der Waals surface area contributed by atoms with Crippen molar-refractivity contribution in [1.82, 2.24) is 10.3 Å². The van der Waals surface area contributed by atoms with Crippen LogP contribution in [0.4, 0.5) is 5.69 Å². The van der Waals surface area contributed by atoms with Crippen LogP contribution < -0.4 is 20.1 Å². The maximum absolute atomic E-state index is 13.2. The molecule has 0 saturated heterocycles. The van der Waals surface area contributed by atoms with Gasteiger partial charge in [0, 0.05) is 10.9 Å². The highest BCUT2D eigenvalue weighted by Crippen LogP contribution is 2.46. The van der Waals surface area contributed by atoms with Gasteiger partial charge < -0.3 is 24.8 Å². The number of carbonyl (C=O) groups is 2. The number of nitrogens with zero attached hydrogens (tertiary/aromatic N) is 1. The second-order valence-electron chi connectivity index (χ2n) is 8.21. The Hall–Kier alpha value is -4.11. The Kier molecular flexibility index (Phi) is 6.24. The number of hydrogen-bond acceptors (Lipinski definition) is 8. The van der Waals surface area contributed by atoms with Crippen molar-refractivity contribution < 1.29 is 23.8 Å². The number of amides is 1. The first-order valence-electron chi connectivity index (χ1n) is 11.4. The minimum Gasteiger partial charge on any atom is -0.497 e. The highest BCUT2D eigenvalue weighted by atomic mass is 32.1. The number of benzene rings is 2. The van der Waals surface area contributed by atoms with E-state index in [1.54, 1.807) is 28.1 Å². The van der Waals surface area contributed by atoms with Crippen LogP contribution in [0.1, 0.15) is 44.4 Å². The van der Waals surface area contributed by atoms with Crippen LogP contribution in [0.2, 0.25) is 0 Å². The van der Waals surface area contributed by atoms with Crippen molar-refractivity contribution in [2.75, 3.05) is 26.1 Å². The van der Waals surface area contributed by atoms with Crippen molar-refractivity contribution >= 4 is 39.1 Å². The Morgan fingerprint density at radius 1 is 1.00 bits per heavy atom. The molecule has 0 saturated carbocycles. The summed E-state index contributed by atoms with van der Waals surface area (Å²) in [6.45, 7) is 3.79. The van der Waals surface area contributed by atoms with Gasteiger partial charge in [-0.25, -0.2) is 9.78 Å². The lowest BCUT2D eigenvalue weighted by atomic mass is 9.94. The molecule has 36 heavy (non-hydrogen) atoms. The van der Waals surface area contributed by atoms with E-state index in [4.69, 9.17) is 19.2 Å². The number of nitrogens with one attached hydrogen (secondary N) is 2. The first kappa shape index (κ1) is 23.6. The monoisotopic (exact) mass is 503 g/mol. The van der Waals surface area contributed by atoms with E-state index in [0.29, 0.717) is 43.4 Å². The van der Waals surface area contributed by atoms with E-state index < -0.39 is 12.1 Å². The third kappa shape index (κ3) is 4.01. The average Bonchev–Trinajstić information content (AvgIpc) is 3.26. The third-order valence-electron chi connectivity index (χ3n) is 6.10. The highest BCUT2D eigenvalue weighted by Gasteiger charge is 2.33. The van der Waals surface area contributed by atoms with E-state index in [2.05, 4.69) is 10.6 Å². The van der Waals surface area contributed by atoms with Crippen molar-refractivity contribution in [1.29, 1.82) is 0 Å². The number of pyridine rings is 1. The number of rotatable bonds is 6. The van der Waals surface area contributed by atoms with Crippen LogP contribution in [0.3, 0.4) is 0 Å². The number of esters is 1. The van der Waals surface area contributed by atoms with Crippen LogP contribution in [0.25, 0.3) is 21.3 Å². The summed E-state index contributed by atoms with van der Waals surface area (Å²) in [5, 5.41) is 7.20. The van der Waals surface area contributed by atoms with Gasteiger partial charge >= 0.3 is 5.97 Å². The van der Waals surface area contributed by atoms with Gasteiger partial charge in [0.25, 0.3) is 5.91 Å². The molecule has 0 unspecified atom stereocenters. The number of fused-ring (bicyclic) bond motifs is 3. The van der Waals surface area contributed by atoms with Crippen LogP contribution in [0, 0.1) is 6.92 Å². The molecule has 3 heterocycles. The standard InChI is InChI=1S/C27H25N3O5S/c1-5-35-27(32)19-14(2)28-26-21(20(19)15-6-10-17(33-3)11-7-15)22-23(36-26)25(31)30-24(29-22)16-8-12-18(34-4)13-9-16/h6-13,24,29H,5H2,1-4H3,(H,30,31)/t24-/m1/s1. The molecule has 1 amide bonds. The SMILES string of the molecule is CCOC(=O)c1c(C)nc2sc3c(c2c1-c1ccc(OC)cc1)N[C@@H](c1ccc(OC)cc1)NC3=O. The van der Waals surface area contributed by atoms with E-state index >= 15 is 0 Å². The molecule has 4 aromatic rings. The number of thiophene rings is 1. The van der Waals surface area contributed by atoms with Crippen LogP contribution in [0.5, 0.6) is 11.5 Å². The fourth-order valence-electron chi connectivity index (χ4n) is 4.38. The molecule has 0 aliphatic carbocycles. The molecule has 0 radical (unpaired) electrons. The molecule has 2 N–H and O–H groups in total. The van der Waals surface area contributed by atoms with Crippen molar-refractivity contribution in [2.24, 2.45) is 0 Å². The lowest BCUT2D eigenvalue weighted by Crippen LogP contribution is -2.37. The molecule has 1 atom stereocenters. The summed E-state index contributed by atoms with van der Waals surface area (Å²) in [4.78, 5) is 32.2. The molecule has 1 aliphatic heterocycles. The zero-order valence-corrected chi connectivity index (χ0v) is 21.1. The van der Waals surface area contributed by atoms with Gasteiger partial charge in [-0.15, -0.1) is 11.3 Å². The molecule has 5 rings (SSSR count). The first-order valence-corrected chi connectivity index (χ1v) is 12.3. The largest absolute Gasteiger partial charge is 0.497 e. The fourth-order valence-corrected chi connectivity index (χ4v) is 5.48. The summed E-state index contributed by atoms with van der Waals surface area (Å²) in [5.74, 6) is 0.761. The van der Waals surface area contributed by atoms with Gasteiger partial charge in [-0.1, -0.05) is 24.3 Å². The van der Waals surface area contributed by atoms with Crippen molar-refractivity contribution in [3.8, 4) is 22.6 Å². The third-order valence-corrected chi connectivity index (χ3v) is 7.18. The first-order chi connectivity index (χ1) is 17.4. The van der Waals surface area contributed by atoms with Crippen molar-refractivity contribution in [2.45, 2.75) is 20.0 Å². The lowest BCUT2D eigenvalue weighted by Gasteiger charge is -2.27. The zero-order valence-electron chi connectivity index (χ0n) is 20.3. The summed E-state index contributed by atoms with van der Waals surface area (Å²) < 4.78 is 16.0. The minimum absolute atomic E-state index is 0.205. The van der Waals surface area contributed by atoms with E-state index in [1.807, 2.05) is 48.5 Å². The number of aryl methyl sites for hydroxylation is 1. The predicted octanol–water partition coefficient (Wildman–Crippen LogP) is 5.32. The topological polar surface area (TPSA) is 98.8 Å². The molecule has 0 bridgehead atoms. The molecule has 0 fully saturated rings. The summed E-state index contributed by atoms with van der Waals surface area (Å²) >= 11 is 1.29. The molecule has 9 heteroatoms. The molecule has 2 aromatic carbocycles. The normalized spacial score (nSPS) is 14.6. The van der Waals surface area contributed by atoms with E-state index in [0.717, 1.165) is 16.9 Å². The Balaban J connectivity index is 1.73. The van der Waals surface area contributed by atoms with Crippen LogP contribution in [0.15, 0.2) is 48.5 Å². The number of ether oxygens (including phenoxy) is 3. The predicted molar refractivity (Wildman–Crippen MR) is 139 cm³/mol. The maximum Gasteiger partial charge on any atom is 0.340 e. The molecule has 1 aliphatic rings. The van der Waals surface area contributed by atoms with Crippen LogP contribution >= 0.6 is 11.3 Å². The number of anilines is 1. The fraction of sp³-hybridized carbons (Fsp3) is 0.222.